The third-order valence-corrected chi connectivity index (χ3v) is 3.10. The number of carbonyl (C=O) groups excluding carboxylic acids is 2. The number of carboxylic acid groups (broad SMARTS) is 1. The molecule has 0 bridgehead atoms. The van der Waals surface area contributed by atoms with Crippen LogP contribution in [0.3, 0.4) is 0 Å². The summed E-state index contributed by atoms with van der Waals surface area (Å²) in [4.78, 5) is 34.1. The van der Waals surface area contributed by atoms with Gasteiger partial charge in [-0.2, -0.15) is 0 Å². The van der Waals surface area contributed by atoms with Gasteiger partial charge in [0.15, 0.2) is 0 Å². The molecule has 7 heteroatoms. The largest absolute Gasteiger partial charge is 0.480 e. The lowest BCUT2D eigenvalue weighted by atomic mass is 10.2. The van der Waals surface area contributed by atoms with Crippen LogP contribution in [0, 0.1) is 5.92 Å². The first-order valence-corrected chi connectivity index (χ1v) is 6.40. The van der Waals surface area contributed by atoms with E-state index in [1.54, 1.807) is 0 Å². The van der Waals surface area contributed by atoms with E-state index in [1.807, 2.05) is 0 Å². The fourth-order valence-electron chi connectivity index (χ4n) is 1.84. The summed E-state index contributed by atoms with van der Waals surface area (Å²) in [5, 5.41) is 14.0. The predicted molar refractivity (Wildman–Crippen MR) is 67.9 cm³/mol. The van der Waals surface area contributed by atoms with E-state index in [0.717, 1.165) is 12.8 Å². The normalized spacial score (nSPS) is 15.4. The Morgan fingerprint density at radius 1 is 1.40 bits per heavy atom. The molecule has 1 unspecified atom stereocenters. The summed E-state index contributed by atoms with van der Waals surface area (Å²) in [5.74, 6) is -1.68. The second-order valence-electron chi connectivity index (χ2n) is 4.74. The van der Waals surface area contributed by atoms with Crippen LogP contribution in [0.4, 0.5) is 0 Å². The number of carboxylic acids is 1. The van der Waals surface area contributed by atoms with E-state index < -0.39 is 12.0 Å². The average Bonchev–Trinajstić information content (AvgIpc) is 3.08. The molecule has 1 aromatic heterocycles. The maximum atomic E-state index is 11.6. The fraction of sp³-hybridized carbons (Fsp3) is 0.462. The Bertz CT molecular complexity index is 493. The van der Waals surface area contributed by atoms with Crippen LogP contribution in [0.2, 0.25) is 0 Å². The van der Waals surface area contributed by atoms with E-state index in [0.29, 0.717) is 5.56 Å². The highest BCUT2D eigenvalue weighted by molar-refractivity contribution is 5.94. The van der Waals surface area contributed by atoms with Crippen LogP contribution in [0.1, 0.15) is 29.6 Å². The maximum Gasteiger partial charge on any atom is 0.326 e. The zero-order chi connectivity index (χ0) is 14.5. The van der Waals surface area contributed by atoms with Crippen molar-refractivity contribution in [1.82, 2.24) is 10.6 Å². The van der Waals surface area contributed by atoms with Crippen molar-refractivity contribution in [2.45, 2.75) is 25.3 Å². The molecule has 0 aromatic carbocycles. The van der Waals surface area contributed by atoms with Crippen LogP contribution in [-0.2, 0) is 9.59 Å². The Labute approximate surface area is 115 Å². The molecule has 0 radical (unpaired) electrons. The average molecular weight is 280 g/mol. The third-order valence-electron chi connectivity index (χ3n) is 3.10. The fourth-order valence-corrected chi connectivity index (χ4v) is 1.84. The van der Waals surface area contributed by atoms with E-state index in [4.69, 9.17) is 9.52 Å². The first kappa shape index (κ1) is 14.1. The van der Waals surface area contributed by atoms with Gasteiger partial charge in [-0.3, -0.25) is 9.59 Å². The molecule has 2 rings (SSSR count). The lowest BCUT2D eigenvalue weighted by molar-refractivity contribution is -0.142. The summed E-state index contributed by atoms with van der Waals surface area (Å²) in [7, 11) is 0. The molecule has 1 aliphatic rings. The molecule has 0 spiro atoms. The Morgan fingerprint density at radius 3 is 2.70 bits per heavy atom. The van der Waals surface area contributed by atoms with Crippen molar-refractivity contribution in [1.29, 1.82) is 0 Å². The minimum Gasteiger partial charge on any atom is -0.480 e. The van der Waals surface area contributed by atoms with Crippen molar-refractivity contribution in [3.05, 3.63) is 24.2 Å². The van der Waals surface area contributed by atoms with E-state index in [2.05, 4.69) is 10.6 Å². The number of carbonyl (C=O) groups is 3. The summed E-state index contributed by atoms with van der Waals surface area (Å²) in [6.45, 7) is 0.146. The standard InChI is InChI=1S/C13H16N2O5/c16-10(15-11(13(18)19)8-1-2-8)3-5-14-12(17)9-4-6-20-7-9/h4,6-8,11H,1-3,5H2,(H,14,17)(H,15,16)(H,18,19). The van der Waals surface area contributed by atoms with Crippen molar-refractivity contribution in [3.63, 3.8) is 0 Å². The Morgan fingerprint density at radius 2 is 2.15 bits per heavy atom. The molecule has 1 aliphatic carbocycles. The second-order valence-corrected chi connectivity index (χ2v) is 4.74. The van der Waals surface area contributed by atoms with Gasteiger partial charge in [0, 0.05) is 13.0 Å². The van der Waals surface area contributed by atoms with Gasteiger partial charge >= 0.3 is 5.97 Å². The molecule has 1 aromatic rings. The molecule has 1 fully saturated rings. The number of rotatable bonds is 7. The van der Waals surface area contributed by atoms with E-state index >= 15 is 0 Å². The molecule has 1 atom stereocenters. The Hall–Kier alpha value is -2.31. The van der Waals surface area contributed by atoms with E-state index in [1.165, 1.54) is 18.6 Å². The van der Waals surface area contributed by atoms with Crippen molar-refractivity contribution in [2.24, 2.45) is 5.92 Å². The van der Waals surface area contributed by atoms with Gasteiger partial charge in [-0.1, -0.05) is 0 Å². The summed E-state index contributed by atoms with van der Waals surface area (Å²) < 4.78 is 4.77. The zero-order valence-corrected chi connectivity index (χ0v) is 10.8. The number of nitrogens with one attached hydrogen (secondary N) is 2. The molecule has 2 amide bonds. The number of aliphatic carboxylic acids is 1. The molecule has 3 N–H and O–H groups in total. The molecule has 7 nitrogen and oxygen atoms in total. The number of amides is 2. The summed E-state index contributed by atoms with van der Waals surface area (Å²) in [5.41, 5.74) is 0.381. The topological polar surface area (TPSA) is 109 Å². The molecule has 0 aliphatic heterocycles. The molecule has 0 saturated heterocycles. The zero-order valence-electron chi connectivity index (χ0n) is 10.8. The lowest BCUT2D eigenvalue weighted by Gasteiger charge is -2.13. The third kappa shape index (κ3) is 3.84. The first-order valence-electron chi connectivity index (χ1n) is 6.40. The van der Waals surface area contributed by atoms with Gasteiger partial charge in [0.2, 0.25) is 5.91 Å². The minimum absolute atomic E-state index is 0.0389. The van der Waals surface area contributed by atoms with Gasteiger partial charge in [0.25, 0.3) is 5.91 Å². The predicted octanol–water partition coefficient (Wildman–Crippen LogP) is 0.379. The monoisotopic (exact) mass is 280 g/mol. The Kier molecular flexibility index (Phi) is 4.39. The van der Waals surface area contributed by atoms with E-state index in [9.17, 15) is 14.4 Å². The van der Waals surface area contributed by atoms with Gasteiger partial charge in [0.1, 0.15) is 12.3 Å². The number of hydrogen-bond acceptors (Lipinski definition) is 4. The van der Waals surface area contributed by atoms with Crippen LogP contribution in [0.25, 0.3) is 0 Å². The van der Waals surface area contributed by atoms with Gasteiger partial charge in [-0.05, 0) is 24.8 Å². The van der Waals surface area contributed by atoms with Crippen LogP contribution < -0.4 is 10.6 Å². The highest BCUT2D eigenvalue weighted by Crippen LogP contribution is 2.32. The molecule has 20 heavy (non-hydrogen) atoms. The highest BCUT2D eigenvalue weighted by Gasteiger charge is 2.37. The maximum absolute atomic E-state index is 11.6. The van der Waals surface area contributed by atoms with Crippen LogP contribution in [-0.4, -0.2) is 35.5 Å². The van der Waals surface area contributed by atoms with Gasteiger partial charge < -0.3 is 20.2 Å². The van der Waals surface area contributed by atoms with Gasteiger partial charge in [-0.15, -0.1) is 0 Å². The Balaban J connectivity index is 1.69. The summed E-state index contributed by atoms with van der Waals surface area (Å²) >= 11 is 0. The van der Waals surface area contributed by atoms with Crippen molar-refractivity contribution in [3.8, 4) is 0 Å². The molecule has 1 saturated carbocycles. The van der Waals surface area contributed by atoms with Crippen molar-refractivity contribution >= 4 is 17.8 Å². The van der Waals surface area contributed by atoms with Crippen LogP contribution in [0.15, 0.2) is 23.0 Å². The summed E-state index contributed by atoms with van der Waals surface area (Å²) in [6.07, 6.45) is 4.39. The van der Waals surface area contributed by atoms with Crippen LogP contribution in [0.5, 0.6) is 0 Å². The number of furan rings is 1. The second kappa shape index (κ2) is 6.23. The molecular weight excluding hydrogens is 264 g/mol. The number of hydrogen-bond donors (Lipinski definition) is 3. The highest BCUT2D eigenvalue weighted by atomic mass is 16.4. The quantitative estimate of drug-likeness (QED) is 0.669. The SMILES string of the molecule is O=C(CCNC(=O)c1ccoc1)NC(C(=O)O)C1CC1. The first-order chi connectivity index (χ1) is 9.58. The van der Waals surface area contributed by atoms with Crippen molar-refractivity contribution < 1.29 is 23.9 Å². The lowest BCUT2D eigenvalue weighted by Crippen LogP contribution is -2.43. The van der Waals surface area contributed by atoms with E-state index in [-0.39, 0.29) is 30.7 Å². The van der Waals surface area contributed by atoms with Gasteiger partial charge in [-0.25, -0.2) is 4.79 Å². The van der Waals surface area contributed by atoms with Gasteiger partial charge in [0.05, 0.1) is 11.8 Å². The summed E-state index contributed by atoms with van der Waals surface area (Å²) in [6, 6.07) is 0.704. The molecule has 1 heterocycles. The van der Waals surface area contributed by atoms with Crippen LogP contribution >= 0.6 is 0 Å². The smallest absolute Gasteiger partial charge is 0.326 e. The minimum atomic E-state index is -1.01. The molecular formula is C13H16N2O5. The van der Waals surface area contributed by atoms with Crippen molar-refractivity contribution in [2.75, 3.05) is 6.54 Å². The molecule has 108 valence electrons.